The second kappa shape index (κ2) is 48.2. The number of aliphatic hydroxyl groups is 3. The van der Waals surface area contributed by atoms with Gasteiger partial charge in [0.2, 0.25) is 0 Å². The van der Waals surface area contributed by atoms with Gasteiger partial charge in [0.05, 0.1) is 19.8 Å². The number of carbonyl (C=O) groups is 1. The Labute approximate surface area is 435 Å². The average Bonchev–Trinajstić information content (AvgIpc) is 3.36. The Bertz CT molecular complexity index is 1760. The fraction of sp³-hybridized carbons (Fsp3) is 0.610. The Hall–Kier alpha value is -3.76. The van der Waals surface area contributed by atoms with E-state index in [0.717, 1.165) is 122 Å². The Morgan fingerprint density at radius 2 is 0.917 bits per heavy atom. The Kier molecular flexibility index (Phi) is 44.4. The van der Waals surface area contributed by atoms with Crippen LogP contribution in [0.4, 0.5) is 0 Å². The van der Waals surface area contributed by atoms with Crippen LogP contribution in [0.1, 0.15) is 168 Å². The van der Waals surface area contributed by atoms with Crippen molar-refractivity contribution < 1.29 is 56.2 Å². The van der Waals surface area contributed by atoms with Crippen molar-refractivity contribution in [1.82, 2.24) is 0 Å². The first kappa shape index (κ1) is 66.3. The van der Waals surface area contributed by atoms with Crippen LogP contribution in [-0.4, -0.2) is 97.5 Å². The zero-order valence-corrected chi connectivity index (χ0v) is 44.7. The summed E-state index contributed by atoms with van der Waals surface area (Å²) in [5.41, 5.74) is 0. The molecule has 72 heavy (non-hydrogen) atoms. The minimum absolute atomic E-state index is 0.00758. The molecule has 1 aliphatic heterocycles. The summed E-state index contributed by atoms with van der Waals surface area (Å²) in [7, 11) is -5.08. The predicted octanol–water partition coefficient (Wildman–Crippen LogP) is 13.1. The lowest BCUT2D eigenvalue weighted by molar-refractivity contribution is -0.301. The molecular weight excluding hydrogens is 933 g/mol. The number of allylic oxidation sites excluding steroid dienone is 22. The molecule has 1 fully saturated rings. The highest BCUT2D eigenvalue weighted by Gasteiger charge is 2.48. The third kappa shape index (κ3) is 40.7. The first-order chi connectivity index (χ1) is 35.1. The van der Waals surface area contributed by atoms with Gasteiger partial charge in [0, 0.05) is 13.0 Å². The molecule has 0 aliphatic carbocycles. The van der Waals surface area contributed by atoms with Gasteiger partial charge in [0.15, 0.2) is 6.29 Å². The van der Waals surface area contributed by atoms with Crippen LogP contribution in [0.5, 0.6) is 0 Å². The highest BCUT2D eigenvalue weighted by molar-refractivity contribution is 7.80. The van der Waals surface area contributed by atoms with E-state index >= 15 is 0 Å². The average molecular weight is 1030 g/mol. The van der Waals surface area contributed by atoms with Gasteiger partial charge in [-0.25, -0.2) is 4.18 Å². The normalized spacial score (nSPS) is 20.0. The minimum Gasteiger partial charge on any atom is -0.457 e. The molecule has 4 N–H and O–H groups in total. The van der Waals surface area contributed by atoms with Gasteiger partial charge in [-0.1, -0.05) is 186 Å². The highest BCUT2D eigenvalue weighted by atomic mass is 32.3. The van der Waals surface area contributed by atoms with Crippen LogP contribution < -0.4 is 0 Å². The molecule has 0 aromatic rings. The molecular formula is C59H94O12S. The third-order valence-electron chi connectivity index (χ3n) is 11.3. The molecule has 13 heteroatoms. The van der Waals surface area contributed by atoms with Crippen molar-refractivity contribution in [2.24, 2.45) is 0 Å². The number of hydrogen-bond acceptors (Lipinski definition) is 11. The van der Waals surface area contributed by atoms with Crippen LogP contribution in [0.15, 0.2) is 134 Å². The van der Waals surface area contributed by atoms with Gasteiger partial charge in [-0.05, 0) is 109 Å². The van der Waals surface area contributed by atoms with E-state index in [9.17, 15) is 33.1 Å². The molecule has 1 rings (SSSR count). The Morgan fingerprint density at radius 1 is 0.528 bits per heavy atom. The van der Waals surface area contributed by atoms with E-state index in [0.29, 0.717) is 13.0 Å². The summed E-state index contributed by atoms with van der Waals surface area (Å²) in [6, 6.07) is 0. The lowest BCUT2D eigenvalue weighted by Gasteiger charge is -2.41. The summed E-state index contributed by atoms with van der Waals surface area (Å²) < 4.78 is 59.3. The molecule has 1 heterocycles. The Balaban J connectivity index is 2.40. The molecule has 1 aliphatic rings. The molecule has 0 saturated carbocycles. The lowest BCUT2D eigenvalue weighted by Crippen LogP contribution is -2.60. The maximum atomic E-state index is 12.9. The molecule has 1 saturated heterocycles. The summed E-state index contributed by atoms with van der Waals surface area (Å²) in [5, 5.41) is 30.8. The Morgan fingerprint density at radius 3 is 1.33 bits per heavy atom. The monoisotopic (exact) mass is 1030 g/mol. The van der Waals surface area contributed by atoms with Crippen LogP contribution in [0, 0.1) is 0 Å². The van der Waals surface area contributed by atoms with Crippen molar-refractivity contribution in [1.29, 1.82) is 0 Å². The van der Waals surface area contributed by atoms with Gasteiger partial charge in [0.25, 0.3) is 0 Å². The molecule has 0 aromatic carbocycles. The maximum absolute atomic E-state index is 12.9. The quantitative estimate of drug-likeness (QED) is 0.0197. The van der Waals surface area contributed by atoms with Crippen LogP contribution in [0.25, 0.3) is 0 Å². The van der Waals surface area contributed by atoms with Crippen LogP contribution in [0.2, 0.25) is 0 Å². The van der Waals surface area contributed by atoms with Crippen LogP contribution in [0.3, 0.4) is 0 Å². The second-order valence-corrected chi connectivity index (χ2v) is 18.7. The van der Waals surface area contributed by atoms with Gasteiger partial charge in [-0.15, -0.1) is 0 Å². The second-order valence-electron chi connectivity index (χ2n) is 17.7. The zero-order chi connectivity index (χ0) is 52.4. The van der Waals surface area contributed by atoms with Gasteiger partial charge in [-0.3, -0.25) is 9.35 Å². The number of ether oxygens (including phenoxy) is 4. The zero-order valence-electron chi connectivity index (χ0n) is 43.9. The van der Waals surface area contributed by atoms with E-state index in [4.69, 9.17) is 18.9 Å². The highest BCUT2D eigenvalue weighted by Crippen LogP contribution is 2.26. The van der Waals surface area contributed by atoms with Gasteiger partial charge >= 0.3 is 16.4 Å². The van der Waals surface area contributed by atoms with Crippen molar-refractivity contribution in [2.75, 3.05) is 26.4 Å². The number of aliphatic hydroxyl groups excluding tert-OH is 3. The molecule has 408 valence electrons. The van der Waals surface area contributed by atoms with Gasteiger partial charge < -0.3 is 34.3 Å². The number of unbranched alkanes of at least 4 members (excludes halogenated alkanes) is 10. The van der Waals surface area contributed by atoms with E-state index in [1.54, 1.807) is 0 Å². The van der Waals surface area contributed by atoms with E-state index in [1.165, 1.54) is 19.3 Å². The van der Waals surface area contributed by atoms with Crippen LogP contribution >= 0.6 is 0 Å². The minimum atomic E-state index is -5.08. The van der Waals surface area contributed by atoms with Crippen molar-refractivity contribution in [2.45, 2.75) is 205 Å². The summed E-state index contributed by atoms with van der Waals surface area (Å²) in [4.78, 5) is 12.9. The maximum Gasteiger partial charge on any atom is 0.397 e. The molecule has 0 aromatic heterocycles. The molecule has 0 amide bonds. The smallest absolute Gasteiger partial charge is 0.397 e. The van der Waals surface area contributed by atoms with Gasteiger partial charge in [-0.2, -0.15) is 8.42 Å². The topological polar surface area (TPSA) is 178 Å². The number of hydrogen-bond donors (Lipinski definition) is 4. The fourth-order valence-electron chi connectivity index (χ4n) is 7.29. The summed E-state index contributed by atoms with van der Waals surface area (Å²) >= 11 is 0. The largest absolute Gasteiger partial charge is 0.457 e. The summed E-state index contributed by atoms with van der Waals surface area (Å²) in [6.07, 6.45) is 62.0. The summed E-state index contributed by atoms with van der Waals surface area (Å²) in [5.74, 6) is -0.429. The summed E-state index contributed by atoms with van der Waals surface area (Å²) in [6.45, 7) is 3.62. The molecule has 6 unspecified atom stereocenters. The van der Waals surface area contributed by atoms with E-state index < -0.39 is 59.8 Å². The number of rotatable bonds is 45. The number of esters is 1. The first-order valence-electron chi connectivity index (χ1n) is 26.9. The molecule has 0 spiro atoms. The van der Waals surface area contributed by atoms with Gasteiger partial charge in [0.1, 0.15) is 30.5 Å². The SMILES string of the molecule is CC/C=C\C/C=C\C/C=C\C/C=C\C/C=C\C/C=C\C/C=C\CCCCOCC(COC1OC(CO)C(O)C(OS(=O)(=O)O)C1O)OC(=O)CCCCCCCCCC/C=C\C/C=C\C/C=C\C/C=C\CC. The molecule has 12 nitrogen and oxygen atoms in total. The third-order valence-corrected chi connectivity index (χ3v) is 11.7. The van der Waals surface area contributed by atoms with Crippen molar-refractivity contribution in [3.63, 3.8) is 0 Å². The van der Waals surface area contributed by atoms with E-state index in [-0.39, 0.29) is 19.6 Å². The standard InChI is InChI=1S/C59H94O12S/c1-3-5-7-9-11-13-15-17-19-21-23-25-26-27-29-31-33-35-37-39-41-43-45-47-49-67-51-53(52-68-59-57(63)58(71-72(64,65)66)56(62)54(50-60)70-59)69-55(61)48-46-44-42-40-38-36-34-32-30-28-24-22-20-18-16-14-12-10-8-6-4-2/h5-8,11-14,17-20,23-25,27-29,33,35,39,41,53-54,56-60,62-63H,3-4,9-10,15-16,21-22,26,30-32,34,36-38,40,42-52H2,1-2H3,(H,64,65,66)/b7-5-,8-6-,13-11-,14-12-,19-17-,20-18-,25-23-,28-24-,29-27-,35-33-,41-39-. The lowest BCUT2D eigenvalue weighted by atomic mass is 9.99. The number of carbonyl (C=O) groups excluding carboxylic acids is 1. The molecule has 6 atom stereocenters. The fourth-order valence-corrected chi connectivity index (χ4v) is 7.80. The first-order valence-corrected chi connectivity index (χ1v) is 28.3. The van der Waals surface area contributed by atoms with Crippen molar-refractivity contribution >= 4 is 16.4 Å². The van der Waals surface area contributed by atoms with Crippen LogP contribution in [-0.2, 0) is 38.3 Å². The molecule has 0 radical (unpaired) electrons. The molecule has 0 bridgehead atoms. The van der Waals surface area contributed by atoms with Crippen molar-refractivity contribution in [3.8, 4) is 0 Å². The van der Waals surface area contributed by atoms with E-state index in [1.807, 2.05) is 0 Å². The predicted molar refractivity (Wildman–Crippen MR) is 294 cm³/mol. The van der Waals surface area contributed by atoms with Crippen molar-refractivity contribution in [3.05, 3.63) is 134 Å². The van der Waals surface area contributed by atoms with E-state index in [2.05, 4.69) is 152 Å².